The molecule has 0 aliphatic heterocycles. The van der Waals surface area contributed by atoms with Crippen LogP contribution in [0.3, 0.4) is 0 Å². The van der Waals surface area contributed by atoms with Gasteiger partial charge in [0.25, 0.3) is 11.8 Å². The number of benzene rings is 4. The Balaban J connectivity index is 0.000000181. The summed E-state index contributed by atoms with van der Waals surface area (Å²) in [5.74, 6) is 3.32. The fourth-order valence-electron chi connectivity index (χ4n) is 6.53. The van der Waals surface area contributed by atoms with Gasteiger partial charge in [-0.2, -0.15) is 0 Å². The Kier molecular flexibility index (Phi) is 12.8. The monoisotopic (exact) mass is 844 g/mol. The first-order valence-corrected chi connectivity index (χ1v) is 20.1. The quantitative estimate of drug-likeness (QED) is 0.103. The number of anilines is 2. The van der Waals surface area contributed by atoms with Gasteiger partial charge in [0.2, 0.25) is 0 Å². The van der Waals surface area contributed by atoms with Gasteiger partial charge in [0.1, 0.15) is 40.5 Å². The van der Waals surface area contributed by atoms with E-state index >= 15 is 0 Å². The molecule has 0 unspecified atom stereocenters. The molecule has 0 bridgehead atoms. The van der Waals surface area contributed by atoms with Gasteiger partial charge in [-0.15, -0.1) is 0 Å². The summed E-state index contributed by atoms with van der Waals surface area (Å²) in [5, 5.41) is 17.8. The first kappa shape index (κ1) is 41.8. The number of furan rings is 4. The average molecular weight is 846 g/mol. The molecule has 12 heteroatoms. The predicted molar refractivity (Wildman–Crippen MR) is 234 cm³/mol. The van der Waals surface area contributed by atoms with Crippen LogP contribution in [0.15, 0.2) is 127 Å². The van der Waals surface area contributed by atoms with Gasteiger partial charge in [0.05, 0.1) is 6.61 Å². The third kappa shape index (κ3) is 9.92. The molecule has 0 radical (unpaired) electrons. The van der Waals surface area contributed by atoms with E-state index in [1.807, 2.05) is 36.4 Å². The lowest BCUT2D eigenvalue weighted by molar-refractivity contribution is 0.0988. The number of rotatable bonds is 12. The smallest absolute Gasteiger partial charge is 0.291 e. The van der Waals surface area contributed by atoms with Gasteiger partial charge in [0, 0.05) is 73.6 Å². The lowest BCUT2D eigenvalue weighted by atomic mass is 10.1. The van der Waals surface area contributed by atoms with Crippen LogP contribution in [0.4, 0.5) is 11.4 Å². The number of amides is 2. The van der Waals surface area contributed by atoms with E-state index in [9.17, 15) is 14.4 Å². The molecule has 8 aromatic rings. The summed E-state index contributed by atoms with van der Waals surface area (Å²) in [7, 11) is 0. The van der Waals surface area contributed by atoms with E-state index in [1.165, 1.54) is 0 Å². The first-order chi connectivity index (χ1) is 28.8. The Labute approximate surface area is 356 Å². The molecule has 4 aromatic heterocycles. The Morgan fingerprint density at radius 2 is 1.03 bits per heavy atom. The van der Waals surface area contributed by atoms with Crippen molar-refractivity contribution in [3.8, 4) is 0 Å². The zero-order valence-electron chi connectivity index (χ0n) is 33.3. The van der Waals surface area contributed by atoms with Crippen LogP contribution in [0.2, 0.25) is 10.0 Å². The summed E-state index contributed by atoms with van der Waals surface area (Å²) in [6.45, 7) is 8.26. The maximum atomic E-state index is 12.5. The molecule has 3 N–H and O–H groups in total. The molecule has 0 spiro atoms. The number of nitrogens with one attached hydrogen (secondary N) is 2. The molecule has 306 valence electrons. The zero-order chi connectivity index (χ0) is 42.5. The van der Waals surface area contributed by atoms with Crippen molar-refractivity contribution in [2.45, 2.75) is 59.0 Å². The molecule has 4 heterocycles. The Morgan fingerprint density at radius 1 is 0.600 bits per heavy atom. The molecule has 0 saturated heterocycles. The number of aldehydes is 1. The highest BCUT2D eigenvalue weighted by Crippen LogP contribution is 2.33. The second kappa shape index (κ2) is 18.3. The van der Waals surface area contributed by atoms with Crippen molar-refractivity contribution in [3.63, 3.8) is 0 Å². The van der Waals surface area contributed by atoms with Crippen LogP contribution in [-0.4, -0.2) is 23.2 Å². The summed E-state index contributed by atoms with van der Waals surface area (Å²) in [6.07, 6.45) is 1.66. The van der Waals surface area contributed by atoms with Gasteiger partial charge in [-0.05, 0) is 103 Å². The fourth-order valence-corrected chi connectivity index (χ4v) is 7.03. The molecule has 0 aliphatic carbocycles. The van der Waals surface area contributed by atoms with Crippen molar-refractivity contribution in [3.05, 3.63) is 176 Å². The van der Waals surface area contributed by atoms with Crippen LogP contribution in [0.25, 0.3) is 21.9 Å². The van der Waals surface area contributed by atoms with Crippen molar-refractivity contribution in [1.29, 1.82) is 0 Å². The van der Waals surface area contributed by atoms with Gasteiger partial charge >= 0.3 is 0 Å². The standard InChI is InChI=1S/C24H22ClNO4.C24H20ClNO4/c2*1-14(2)22-12-17-10-18(25)9-16(23(17)30-22)11-20-7-8-21(29-20)24(28)26-19-5-3-15(13-27)4-6-19/h3-10,12,14,27H,11,13H2,1-2H3,(H,26,28);3-10,12-14H,11H2,1-2H3,(H,26,28). The van der Waals surface area contributed by atoms with Crippen LogP contribution in [0.1, 0.15) is 111 Å². The Bertz CT molecular complexity index is 2790. The molecular formula is C48H42Cl2N2O8. The number of halogens is 2. The Morgan fingerprint density at radius 3 is 1.43 bits per heavy atom. The number of hydrogen-bond donors (Lipinski definition) is 3. The van der Waals surface area contributed by atoms with Gasteiger partial charge in [-0.3, -0.25) is 14.4 Å². The van der Waals surface area contributed by atoms with Crippen molar-refractivity contribution in [2.24, 2.45) is 0 Å². The molecule has 10 nitrogen and oxygen atoms in total. The zero-order valence-corrected chi connectivity index (χ0v) is 34.8. The second-order valence-corrected chi connectivity index (χ2v) is 15.8. The van der Waals surface area contributed by atoms with Crippen LogP contribution >= 0.6 is 23.2 Å². The molecule has 0 fully saturated rings. The molecule has 4 aromatic carbocycles. The molecule has 0 atom stereocenters. The lowest BCUT2D eigenvalue weighted by Gasteiger charge is -2.04. The number of carbonyl (C=O) groups is 3. The van der Waals surface area contributed by atoms with E-state index in [2.05, 4.69) is 38.3 Å². The maximum Gasteiger partial charge on any atom is 0.291 e. The van der Waals surface area contributed by atoms with Crippen molar-refractivity contribution < 1.29 is 37.2 Å². The molecule has 2 amide bonds. The van der Waals surface area contributed by atoms with Crippen LogP contribution < -0.4 is 10.6 Å². The highest BCUT2D eigenvalue weighted by molar-refractivity contribution is 6.31. The SMILES string of the molecule is CC(C)c1cc2cc(Cl)cc(Cc3ccc(C(=O)Nc4ccc(C=O)cc4)o3)c2o1.CC(C)c1cc2cc(Cl)cc(Cc3ccc(C(=O)Nc4ccc(CO)cc4)o3)c2o1. The van der Waals surface area contributed by atoms with E-state index in [-0.39, 0.29) is 41.8 Å². The first-order valence-electron chi connectivity index (χ1n) is 19.3. The maximum absolute atomic E-state index is 12.5. The number of aliphatic hydroxyl groups excluding tert-OH is 1. The topological polar surface area (TPSA) is 148 Å². The second-order valence-electron chi connectivity index (χ2n) is 15.0. The predicted octanol–water partition coefficient (Wildman–Crippen LogP) is 12.6. The van der Waals surface area contributed by atoms with E-state index in [4.69, 9.17) is 46.0 Å². The molecule has 8 rings (SSSR count). The third-order valence-electron chi connectivity index (χ3n) is 9.69. The number of carbonyl (C=O) groups excluding carboxylic acids is 3. The van der Waals surface area contributed by atoms with Gasteiger partial charge in [-0.25, -0.2) is 0 Å². The fraction of sp³-hybridized carbons (Fsp3) is 0.188. The Hall–Kier alpha value is -6.33. The minimum absolute atomic E-state index is 0.0408. The number of aliphatic hydroxyl groups is 1. The average Bonchev–Trinajstić information content (AvgIpc) is 4.06. The van der Waals surface area contributed by atoms with Gasteiger partial charge in [-0.1, -0.05) is 63.0 Å². The highest BCUT2D eigenvalue weighted by Gasteiger charge is 2.18. The van der Waals surface area contributed by atoms with Crippen LogP contribution in [0.5, 0.6) is 0 Å². The number of hydrogen-bond acceptors (Lipinski definition) is 8. The summed E-state index contributed by atoms with van der Waals surface area (Å²) >= 11 is 12.6. The minimum atomic E-state index is -0.364. The largest absolute Gasteiger partial charge is 0.461 e. The molecule has 0 aliphatic rings. The highest BCUT2D eigenvalue weighted by atomic mass is 35.5. The van der Waals surface area contributed by atoms with Gasteiger partial charge in [0.15, 0.2) is 11.5 Å². The van der Waals surface area contributed by atoms with Crippen molar-refractivity contribution >= 4 is 74.6 Å². The summed E-state index contributed by atoms with van der Waals surface area (Å²) in [4.78, 5) is 35.7. The van der Waals surface area contributed by atoms with Crippen LogP contribution in [0, 0.1) is 0 Å². The van der Waals surface area contributed by atoms with E-state index in [1.54, 1.807) is 72.8 Å². The lowest BCUT2D eigenvalue weighted by Crippen LogP contribution is -2.10. The normalized spacial score (nSPS) is 11.3. The summed E-state index contributed by atoms with van der Waals surface area (Å²) < 4.78 is 23.6. The summed E-state index contributed by atoms with van der Waals surface area (Å²) in [5.41, 5.74) is 5.90. The molecule has 60 heavy (non-hydrogen) atoms. The molecular weight excluding hydrogens is 803 g/mol. The summed E-state index contributed by atoms with van der Waals surface area (Å²) in [6, 6.07) is 31.9. The number of fused-ring (bicyclic) bond motifs is 2. The van der Waals surface area contributed by atoms with Gasteiger partial charge < -0.3 is 33.4 Å². The van der Waals surface area contributed by atoms with Crippen molar-refractivity contribution in [1.82, 2.24) is 0 Å². The van der Waals surface area contributed by atoms with E-state index in [0.29, 0.717) is 51.3 Å². The third-order valence-corrected chi connectivity index (χ3v) is 10.1. The van der Waals surface area contributed by atoms with Crippen LogP contribution in [-0.2, 0) is 19.4 Å². The van der Waals surface area contributed by atoms with E-state index < -0.39 is 0 Å². The van der Waals surface area contributed by atoms with E-state index in [0.717, 1.165) is 56.4 Å². The van der Waals surface area contributed by atoms with Crippen molar-refractivity contribution in [2.75, 3.05) is 10.6 Å². The molecule has 0 saturated carbocycles. The minimum Gasteiger partial charge on any atom is -0.461 e.